The average molecular weight is 265 g/mol. The molecular formula is C14H13F2NO2. The van der Waals surface area contributed by atoms with Crippen molar-refractivity contribution < 1.29 is 18.3 Å². The summed E-state index contributed by atoms with van der Waals surface area (Å²) in [4.78, 5) is 4.12. The van der Waals surface area contributed by atoms with Gasteiger partial charge < -0.3 is 9.47 Å². The maximum atomic E-state index is 12.2. The highest BCUT2D eigenvalue weighted by atomic mass is 19.3. The maximum absolute atomic E-state index is 12.2. The van der Waals surface area contributed by atoms with E-state index < -0.39 is 6.61 Å². The fraction of sp³-hybridized carbons (Fsp3) is 0.214. The molecule has 2 aromatic rings. The van der Waals surface area contributed by atoms with Crippen LogP contribution in [0.5, 0.6) is 11.6 Å². The molecule has 19 heavy (non-hydrogen) atoms. The van der Waals surface area contributed by atoms with Crippen molar-refractivity contribution in [3.63, 3.8) is 0 Å². The minimum atomic E-state index is -2.84. The second-order valence-corrected chi connectivity index (χ2v) is 3.70. The molecule has 2 rings (SSSR count). The van der Waals surface area contributed by atoms with Crippen LogP contribution < -0.4 is 9.47 Å². The highest BCUT2D eigenvalue weighted by molar-refractivity contribution is 5.69. The van der Waals surface area contributed by atoms with Crippen LogP contribution in [0.25, 0.3) is 11.1 Å². The van der Waals surface area contributed by atoms with E-state index in [-0.39, 0.29) is 5.75 Å². The molecule has 0 bridgehead atoms. The van der Waals surface area contributed by atoms with E-state index in [1.807, 2.05) is 13.0 Å². The average Bonchev–Trinajstić information content (AvgIpc) is 2.39. The molecule has 5 heteroatoms. The molecule has 0 fully saturated rings. The van der Waals surface area contributed by atoms with E-state index in [2.05, 4.69) is 9.72 Å². The molecule has 0 saturated carbocycles. The van der Waals surface area contributed by atoms with Crippen molar-refractivity contribution in [2.24, 2.45) is 0 Å². The zero-order valence-corrected chi connectivity index (χ0v) is 10.3. The minimum Gasteiger partial charge on any atom is -0.478 e. The summed E-state index contributed by atoms with van der Waals surface area (Å²) in [7, 11) is 0. The van der Waals surface area contributed by atoms with Crippen molar-refractivity contribution in [2.45, 2.75) is 13.5 Å². The Balaban J connectivity index is 2.36. The Morgan fingerprint density at radius 3 is 2.79 bits per heavy atom. The third kappa shape index (κ3) is 3.40. The van der Waals surface area contributed by atoms with Crippen LogP contribution in [-0.2, 0) is 0 Å². The first kappa shape index (κ1) is 13.3. The molecule has 0 atom stereocenters. The lowest BCUT2D eigenvalue weighted by Gasteiger charge is -2.10. The number of hydrogen-bond acceptors (Lipinski definition) is 3. The standard InChI is InChI=1S/C14H13F2NO2/c1-2-18-13-12(7-4-8-17-13)10-5-3-6-11(9-10)19-14(15)16/h3-9,14H,2H2,1H3. The Morgan fingerprint density at radius 1 is 1.21 bits per heavy atom. The van der Waals surface area contributed by atoms with Gasteiger partial charge in [-0.1, -0.05) is 12.1 Å². The molecule has 1 heterocycles. The van der Waals surface area contributed by atoms with Gasteiger partial charge in [0.2, 0.25) is 5.88 Å². The van der Waals surface area contributed by atoms with Crippen LogP contribution in [0.3, 0.4) is 0 Å². The summed E-state index contributed by atoms with van der Waals surface area (Å²) in [6.07, 6.45) is 1.62. The predicted octanol–water partition coefficient (Wildman–Crippen LogP) is 3.75. The van der Waals surface area contributed by atoms with Crippen molar-refractivity contribution in [1.29, 1.82) is 0 Å². The number of ether oxygens (including phenoxy) is 2. The van der Waals surface area contributed by atoms with E-state index in [1.54, 1.807) is 24.4 Å². The minimum absolute atomic E-state index is 0.110. The molecule has 0 unspecified atom stereocenters. The van der Waals surface area contributed by atoms with Gasteiger partial charge in [-0.3, -0.25) is 0 Å². The number of benzene rings is 1. The van der Waals surface area contributed by atoms with Crippen molar-refractivity contribution in [3.05, 3.63) is 42.6 Å². The SMILES string of the molecule is CCOc1ncccc1-c1cccc(OC(F)F)c1. The van der Waals surface area contributed by atoms with Gasteiger partial charge in [0.05, 0.1) is 6.61 Å². The normalized spacial score (nSPS) is 10.5. The van der Waals surface area contributed by atoms with Gasteiger partial charge in [-0.2, -0.15) is 8.78 Å². The van der Waals surface area contributed by atoms with E-state index in [4.69, 9.17) is 4.74 Å². The van der Waals surface area contributed by atoms with Gasteiger partial charge in [-0.25, -0.2) is 4.98 Å². The van der Waals surface area contributed by atoms with Gasteiger partial charge in [-0.15, -0.1) is 0 Å². The van der Waals surface area contributed by atoms with Crippen molar-refractivity contribution in [1.82, 2.24) is 4.98 Å². The summed E-state index contributed by atoms with van der Waals surface area (Å²) in [6.45, 7) is -0.498. The second kappa shape index (κ2) is 6.13. The zero-order chi connectivity index (χ0) is 13.7. The van der Waals surface area contributed by atoms with Crippen molar-refractivity contribution in [2.75, 3.05) is 6.61 Å². The van der Waals surface area contributed by atoms with Crippen molar-refractivity contribution >= 4 is 0 Å². The highest BCUT2D eigenvalue weighted by Gasteiger charge is 2.09. The molecular weight excluding hydrogens is 252 g/mol. The summed E-state index contributed by atoms with van der Waals surface area (Å²) < 4.78 is 34.2. The molecule has 0 amide bonds. The molecule has 0 aliphatic heterocycles. The third-order valence-electron chi connectivity index (χ3n) is 2.42. The first-order chi connectivity index (χ1) is 9.20. The number of rotatable bonds is 5. The maximum Gasteiger partial charge on any atom is 0.387 e. The highest BCUT2D eigenvalue weighted by Crippen LogP contribution is 2.30. The number of hydrogen-bond donors (Lipinski definition) is 0. The van der Waals surface area contributed by atoms with Gasteiger partial charge in [-0.05, 0) is 36.8 Å². The number of nitrogens with zero attached hydrogens (tertiary/aromatic N) is 1. The van der Waals surface area contributed by atoms with Crippen LogP contribution >= 0.6 is 0 Å². The molecule has 0 spiro atoms. The largest absolute Gasteiger partial charge is 0.478 e. The van der Waals surface area contributed by atoms with Crippen LogP contribution in [-0.4, -0.2) is 18.2 Å². The lowest BCUT2D eigenvalue weighted by Crippen LogP contribution is -2.02. The number of aromatic nitrogens is 1. The number of pyridine rings is 1. The van der Waals surface area contributed by atoms with Crippen LogP contribution in [0.4, 0.5) is 8.78 Å². The van der Waals surface area contributed by atoms with E-state index in [0.29, 0.717) is 12.5 Å². The fourth-order valence-electron chi connectivity index (χ4n) is 1.70. The van der Waals surface area contributed by atoms with Gasteiger partial charge in [0.25, 0.3) is 0 Å². The Bertz CT molecular complexity index is 546. The lowest BCUT2D eigenvalue weighted by molar-refractivity contribution is -0.0498. The summed E-state index contributed by atoms with van der Waals surface area (Å²) in [5.41, 5.74) is 1.46. The molecule has 100 valence electrons. The van der Waals surface area contributed by atoms with Gasteiger partial charge >= 0.3 is 6.61 Å². The summed E-state index contributed by atoms with van der Waals surface area (Å²) in [6, 6.07) is 10.0. The Morgan fingerprint density at radius 2 is 2.05 bits per heavy atom. The molecule has 0 saturated heterocycles. The number of alkyl halides is 2. The first-order valence-corrected chi connectivity index (χ1v) is 5.83. The third-order valence-corrected chi connectivity index (χ3v) is 2.42. The number of halogens is 2. The smallest absolute Gasteiger partial charge is 0.387 e. The quantitative estimate of drug-likeness (QED) is 0.825. The van der Waals surface area contributed by atoms with Crippen LogP contribution in [0.1, 0.15) is 6.92 Å². The van der Waals surface area contributed by atoms with Gasteiger partial charge in [0.15, 0.2) is 0 Å². The molecule has 0 aliphatic rings. The van der Waals surface area contributed by atoms with E-state index in [1.165, 1.54) is 12.1 Å². The lowest BCUT2D eigenvalue weighted by atomic mass is 10.1. The molecule has 0 aliphatic carbocycles. The van der Waals surface area contributed by atoms with Crippen molar-refractivity contribution in [3.8, 4) is 22.8 Å². The second-order valence-electron chi connectivity index (χ2n) is 3.70. The fourth-order valence-corrected chi connectivity index (χ4v) is 1.70. The van der Waals surface area contributed by atoms with E-state index >= 15 is 0 Å². The van der Waals surface area contributed by atoms with Crippen LogP contribution in [0.15, 0.2) is 42.6 Å². The van der Waals surface area contributed by atoms with E-state index in [9.17, 15) is 8.78 Å². The topological polar surface area (TPSA) is 31.4 Å². The van der Waals surface area contributed by atoms with Gasteiger partial charge in [0, 0.05) is 11.8 Å². The first-order valence-electron chi connectivity index (χ1n) is 5.83. The summed E-state index contributed by atoms with van der Waals surface area (Å²) in [5.74, 6) is 0.581. The summed E-state index contributed by atoms with van der Waals surface area (Å²) in [5, 5.41) is 0. The zero-order valence-electron chi connectivity index (χ0n) is 10.3. The molecule has 0 N–H and O–H groups in total. The Labute approximate surface area is 109 Å². The predicted molar refractivity (Wildman–Crippen MR) is 67.5 cm³/mol. The van der Waals surface area contributed by atoms with E-state index in [0.717, 1.165) is 11.1 Å². The van der Waals surface area contributed by atoms with Crippen LogP contribution in [0, 0.1) is 0 Å². The molecule has 0 radical (unpaired) electrons. The molecule has 1 aromatic heterocycles. The summed E-state index contributed by atoms with van der Waals surface area (Å²) >= 11 is 0. The Kier molecular flexibility index (Phi) is 4.28. The molecule has 1 aromatic carbocycles. The molecule has 3 nitrogen and oxygen atoms in total. The Hall–Kier alpha value is -2.17. The van der Waals surface area contributed by atoms with Gasteiger partial charge in [0.1, 0.15) is 5.75 Å². The van der Waals surface area contributed by atoms with Crippen LogP contribution in [0.2, 0.25) is 0 Å². The monoisotopic (exact) mass is 265 g/mol.